The third-order valence-electron chi connectivity index (χ3n) is 4.82. The molecule has 4 rings (SSSR count). The lowest BCUT2D eigenvalue weighted by atomic mass is 10.1. The van der Waals surface area contributed by atoms with Gasteiger partial charge in [0, 0.05) is 17.1 Å². The number of nitrogens with two attached hydrogens (primary N) is 1. The van der Waals surface area contributed by atoms with Gasteiger partial charge in [0.2, 0.25) is 0 Å². The smallest absolute Gasteiger partial charge is 0.319 e. The summed E-state index contributed by atoms with van der Waals surface area (Å²) in [5.41, 5.74) is 10.2. The minimum atomic E-state index is -0.342. The van der Waals surface area contributed by atoms with Gasteiger partial charge in [0.05, 0.1) is 5.69 Å². The summed E-state index contributed by atoms with van der Waals surface area (Å²) in [6.07, 6.45) is 0.733. The molecule has 4 N–H and O–H groups in total. The van der Waals surface area contributed by atoms with Crippen LogP contribution >= 0.6 is 11.6 Å². The van der Waals surface area contributed by atoms with Gasteiger partial charge in [-0.3, -0.25) is 0 Å². The fourth-order valence-electron chi connectivity index (χ4n) is 3.25. The third kappa shape index (κ3) is 4.87. The normalized spacial score (nSPS) is 10.6. The first-order valence-electron chi connectivity index (χ1n) is 9.90. The van der Waals surface area contributed by atoms with Crippen LogP contribution in [0.5, 0.6) is 0 Å². The summed E-state index contributed by atoms with van der Waals surface area (Å²) in [5.74, 6) is 0.342. The third-order valence-corrected chi connectivity index (χ3v) is 5.07. The van der Waals surface area contributed by atoms with E-state index >= 15 is 0 Å². The number of nitrogens with zero attached hydrogens (tertiary/aromatic N) is 2. The maximum absolute atomic E-state index is 12.6. The Bertz CT molecular complexity index is 1160. The van der Waals surface area contributed by atoms with E-state index in [1.807, 2.05) is 72.8 Å². The van der Waals surface area contributed by atoms with Gasteiger partial charge >= 0.3 is 6.03 Å². The summed E-state index contributed by atoms with van der Waals surface area (Å²) in [6, 6.07) is 26.4. The van der Waals surface area contributed by atoms with E-state index in [9.17, 15) is 4.79 Å². The van der Waals surface area contributed by atoms with E-state index in [1.165, 1.54) is 0 Å². The van der Waals surface area contributed by atoms with E-state index in [0.717, 1.165) is 23.2 Å². The van der Waals surface area contributed by atoms with Gasteiger partial charge in [-0.2, -0.15) is 5.10 Å². The van der Waals surface area contributed by atoms with Crippen molar-refractivity contribution < 1.29 is 4.79 Å². The average Bonchev–Trinajstić information content (AvgIpc) is 3.12. The van der Waals surface area contributed by atoms with E-state index < -0.39 is 0 Å². The standard InChI is InChI=1S/C24H22ClN5O/c25-19-13-11-18(12-14-19)21-22(23(26)30(29-21)20-9-5-2-6-10-20)28-24(31)27-16-15-17-7-3-1-4-8-17/h1-14H,15-16,26H2,(H2,27,28,31). The van der Waals surface area contributed by atoms with Crippen LogP contribution in [0.4, 0.5) is 16.3 Å². The molecule has 0 bridgehead atoms. The number of nitrogens with one attached hydrogen (secondary N) is 2. The van der Waals surface area contributed by atoms with E-state index in [0.29, 0.717) is 28.8 Å². The van der Waals surface area contributed by atoms with Crippen LogP contribution in [0, 0.1) is 0 Å². The van der Waals surface area contributed by atoms with Crippen molar-refractivity contribution in [1.29, 1.82) is 0 Å². The number of urea groups is 1. The maximum Gasteiger partial charge on any atom is 0.319 e. The molecule has 3 aromatic carbocycles. The molecule has 1 aromatic heterocycles. The van der Waals surface area contributed by atoms with Crippen LogP contribution in [0.25, 0.3) is 16.9 Å². The number of carbonyl (C=O) groups is 1. The van der Waals surface area contributed by atoms with E-state index in [4.69, 9.17) is 17.3 Å². The average molecular weight is 432 g/mol. The molecule has 0 atom stereocenters. The largest absolute Gasteiger partial charge is 0.382 e. The summed E-state index contributed by atoms with van der Waals surface area (Å²) in [4.78, 5) is 12.6. The molecule has 1 heterocycles. The molecule has 0 aliphatic rings. The minimum Gasteiger partial charge on any atom is -0.382 e. The maximum atomic E-state index is 12.6. The SMILES string of the molecule is Nc1c(NC(=O)NCCc2ccccc2)c(-c2ccc(Cl)cc2)nn1-c1ccccc1. The van der Waals surface area contributed by atoms with Gasteiger partial charge in [-0.25, -0.2) is 9.48 Å². The molecule has 31 heavy (non-hydrogen) atoms. The van der Waals surface area contributed by atoms with Gasteiger partial charge < -0.3 is 16.4 Å². The lowest BCUT2D eigenvalue weighted by molar-refractivity contribution is 0.252. The van der Waals surface area contributed by atoms with E-state index in [-0.39, 0.29) is 6.03 Å². The molecule has 0 saturated carbocycles. The van der Waals surface area contributed by atoms with E-state index in [1.54, 1.807) is 16.8 Å². The zero-order valence-electron chi connectivity index (χ0n) is 16.8. The molecular formula is C24H22ClN5O. The molecule has 0 radical (unpaired) electrons. The summed E-state index contributed by atoms with van der Waals surface area (Å²) in [7, 11) is 0. The van der Waals surface area contributed by atoms with Crippen molar-refractivity contribution >= 4 is 29.1 Å². The Morgan fingerprint density at radius 3 is 2.26 bits per heavy atom. The lowest BCUT2D eigenvalue weighted by Crippen LogP contribution is -2.30. The highest BCUT2D eigenvalue weighted by Crippen LogP contribution is 2.34. The van der Waals surface area contributed by atoms with Crippen LogP contribution in [-0.4, -0.2) is 22.4 Å². The number of hydrogen-bond acceptors (Lipinski definition) is 3. The van der Waals surface area contributed by atoms with Crippen molar-refractivity contribution in [3.05, 3.63) is 95.5 Å². The number of nitrogen functional groups attached to an aromatic ring is 1. The second-order valence-electron chi connectivity index (χ2n) is 6.98. The lowest BCUT2D eigenvalue weighted by Gasteiger charge is -2.09. The van der Waals surface area contributed by atoms with Crippen molar-refractivity contribution in [3.8, 4) is 16.9 Å². The van der Waals surface area contributed by atoms with Crippen molar-refractivity contribution in [2.24, 2.45) is 0 Å². The number of aromatic nitrogens is 2. The number of rotatable bonds is 6. The van der Waals surface area contributed by atoms with Crippen molar-refractivity contribution in [3.63, 3.8) is 0 Å². The second kappa shape index (κ2) is 9.36. The first kappa shape index (κ1) is 20.5. The molecule has 6 nitrogen and oxygen atoms in total. The Balaban J connectivity index is 1.58. The van der Waals surface area contributed by atoms with Gasteiger partial charge in [-0.1, -0.05) is 72.3 Å². The number of amides is 2. The predicted octanol–water partition coefficient (Wildman–Crippen LogP) is 5.14. The number of benzene rings is 3. The Labute approximate surface area is 185 Å². The van der Waals surface area contributed by atoms with Crippen molar-refractivity contribution in [2.75, 3.05) is 17.6 Å². The van der Waals surface area contributed by atoms with Gasteiger partial charge in [-0.15, -0.1) is 0 Å². The highest BCUT2D eigenvalue weighted by Gasteiger charge is 2.20. The van der Waals surface area contributed by atoms with Crippen LogP contribution in [0.2, 0.25) is 5.02 Å². The van der Waals surface area contributed by atoms with Crippen LogP contribution in [0.3, 0.4) is 0 Å². The van der Waals surface area contributed by atoms with Crippen molar-refractivity contribution in [2.45, 2.75) is 6.42 Å². The monoisotopic (exact) mass is 431 g/mol. The predicted molar refractivity (Wildman–Crippen MR) is 126 cm³/mol. The van der Waals surface area contributed by atoms with Crippen LogP contribution in [0.1, 0.15) is 5.56 Å². The first-order valence-corrected chi connectivity index (χ1v) is 10.3. The molecular weight excluding hydrogens is 410 g/mol. The minimum absolute atomic E-state index is 0.342. The quantitative estimate of drug-likeness (QED) is 0.395. The summed E-state index contributed by atoms with van der Waals surface area (Å²) >= 11 is 6.03. The van der Waals surface area contributed by atoms with Crippen molar-refractivity contribution in [1.82, 2.24) is 15.1 Å². The Kier molecular flexibility index (Phi) is 6.19. The number of halogens is 1. The number of carbonyl (C=O) groups excluding carboxylic acids is 1. The van der Waals surface area contributed by atoms with Crippen LogP contribution in [-0.2, 0) is 6.42 Å². The molecule has 4 aromatic rings. The Hall–Kier alpha value is -3.77. The van der Waals surface area contributed by atoms with Gasteiger partial charge in [0.15, 0.2) is 5.82 Å². The first-order chi connectivity index (χ1) is 15.1. The molecule has 0 unspecified atom stereocenters. The van der Waals surface area contributed by atoms with Gasteiger partial charge in [0.1, 0.15) is 11.4 Å². The molecule has 0 saturated heterocycles. The zero-order chi connectivity index (χ0) is 21.6. The highest BCUT2D eigenvalue weighted by molar-refractivity contribution is 6.30. The topological polar surface area (TPSA) is 85.0 Å². The molecule has 2 amide bonds. The van der Waals surface area contributed by atoms with Gasteiger partial charge in [0.25, 0.3) is 0 Å². The Morgan fingerprint density at radius 2 is 1.58 bits per heavy atom. The zero-order valence-corrected chi connectivity index (χ0v) is 17.5. The fraction of sp³-hybridized carbons (Fsp3) is 0.0833. The van der Waals surface area contributed by atoms with E-state index in [2.05, 4.69) is 15.7 Å². The number of anilines is 2. The molecule has 7 heteroatoms. The molecule has 0 fully saturated rings. The molecule has 0 spiro atoms. The number of para-hydroxylation sites is 1. The van der Waals surface area contributed by atoms with Crippen LogP contribution in [0.15, 0.2) is 84.9 Å². The molecule has 0 aliphatic carbocycles. The molecule has 0 aliphatic heterocycles. The summed E-state index contributed by atoms with van der Waals surface area (Å²) in [6.45, 7) is 0.499. The highest BCUT2D eigenvalue weighted by atomic mass is 35.5. The fourth-order valence-corrected chi connectivity index (χ4v) is 3.38. The summed E-state index contributed by atoms with van der Waals surface area (Å²) in [5, 5.41) is 11.0. The molecule has 156 valence electrons. The van der Waals surface area contributed by atoms with Crippen LogP contribution < -0.4 is 16.4 Å². The number of hydrogen-bond donors (Lipinski definition) is 3. The van der Waals surface area contributed by atoms with Gasteiger partial charge in [-0.05, 0) is 36.2 Å². The Morgan fingerprint density at radius 1 is 0.935 bits per heavy atom. The summed E-state index contributed by atoms with van der Waals surface area (Å²) < 4.78 is 1.61. The second-order valence-corrected chi connectivity index (χ2v) is 7.42.